The molecule has 0 saturated carbocycles. The zero-order valence-electron chi connectivity index (χ0n) is 14.3. The van der Waals surface area contributed by atoms with Crippen LogP contribution in [0.25, 0.3) is 0 Å². The Bertz CT molecular complexity index is 639. The maximum Gasteiger partial charge on any atom is 0.311 e. The third-order valence-corrected chi connectivity index (χ3v) is 4.31. The molecule has 6 nitrogen and oxygen atoms in total. The summed E-state index contributed by atoms with van der Waals surface area (Å²) < 4.78 is 0. The smallest absolute Gasteiger partial charge is 0.311 e. The molecule has 1 aliphatic heterocycles. The summed E-state index contributed by atoms with van der Waals surface area (Å²) in [5.74, 6) is -1.25. The minimum absolute atomic E-state index is 0.0425. The van der Waals surface area contributed by atoms with E-state index >= 15 is 0 Å². The lowest BCUT2D eigenvalue weighted by Crippen LogP contribution is -2.48. The number of carboxylic acid groups (broad SMARTS) is 1. The normalized spacial score (nSPS) is 20.8. The minimum atomic E-state index is -0.898. The number of hydrogen-bond donors (Lipinski definition) is 2. The van der Waals surface area contributed by atoms with Gasteiger partial charge in [-0.2, -0.15) is 0 Å². The summed E-state index contributed by atoms with van der Waals surface area (Å²) in [6.45, 7) is 6.19. The van der Waals surface area contributed by atoms with E-state index < -0.39 is 11.4 Å². The van der Waals surface area contributed by atoms with Gasteiger partial charge in [0.2, 0.25) is 0 Å². The van der Waals surface area contributed by atoms with Gasteiger partial charge >= 0.3 is 5.97 Å². The number of nitrogens with zero attached hydrogens (tertiary/aromatic N) is 1. The number of benzene rings is 1. The lowest BCUT2D eigenvalue weighted by Gasteiger charge is -2.37. The first-order valence-electron chi connectivity index (χ1n) is 8.16. The van der Waals surface area contributed by atoms with Crippen LogP contribution < -0.4 is 5.32 Å². The lowest BCUT2D eigenvalue weighted by molar-refractivity contribution is -0.150. The first-order valence-corrected chi connectivity index (χ1v) is 8.16. The fraction of sp³-hybridized carbons (Fsp3) is 0.500. The number of hydrogen-bond acceptors (Lipinski definition) is 3. The molecule has 1 atom stereocenters. The summed E-state index contributed by atoms with van der Waals surface area (Å²) in [7, 11) is 0. The Kier molecular flexibility index (Phi) is 5.26. The van der Waals surface area contributed by atoms with Crippen LogP contribution in [-0.4, -0.2) is 46.9 Å². The summed E-state index contributed by atoms with van der Waals surface area (Å²) in [5.41, 5.74) is 0.0605. The molecule has 1 aliphatic rings. The number of likely N-dealkylation sites (tertiary alicyclic amines) is 1. The molecule has 0 radical (unpaired) electrons. The molecule has 1 heterocycles. The third-order valence-electron chi connectivity index (χ3n) is 4.31. The van der Waals surface area contributed by atoms with Gasteiger partial charge in [0, 0.05) is 30.3 Å². The number of piperidine rings is 1. The van der Waals surface area contributed by atoms with E-state index in [1.54, 1.807) is 36.1 Å². The molecular weight excluding hydrogens is 308 g/mol. The Labute approximate surface area is 141 Å². The van der Waals surface area contributed by atoms with E-state index in [0.717, 1.165) is 0 Å². The minimum Gasteiger partial charge on any atom is -0.481 e. The van der Waals surface area contributed by atoms with Crippen molar-refractivity contribution in [1.29, 1.82) is 0 Å². The van der Waals surface area contributed by atoms with Crippen LogP contribution in [0.3, 0.4) is 0 Å². The molecule has 1 saturated heterocycles. The molecule has 24 heavy (non-hydrogen) atoms. The predicted molar refractivity (Wildman–Crippen MR) is 89.9 cm³/mol. The molecule has 0 aliphatic carbocycles. The van der Waals surface area contributed by atoms with Crippen molar-refractivity contribution in [2.75, 3.05) is 13.1 Å². The van der Waals surface area contributed by atoms with Crippen LogP contribution in [0.5, 0.6) is 0 Å². The summed E-state index contributed by atoms with van der Waals surface area (Å²) in [5, 5.41) is 12.1. The Morgan fingerprint density at radius 1 is 1.17 bits per heavy atom. The second-order valence-corrected chi connectivity index (χ2v) is 6.90. The lowest BCUT2D eigenvalue weighted by atomic mass is 9.82. The first-order chi connectivity index (χ1) is 11.2. The van der Waals surface area contributed by atoms with Gasteiger partial charge in [-0.25, -0.2) is 0 Å². The van der Waals surface area contributed by atoms with E-state index in [-0.39, 0.29) is 24.4 Å². The molecule has 1 aromatic rings. The van der Waals surface area contributed by atoms with Gasteiger partial charge in [0.1, 0.15) is 0 Å². The number of amides is 2. The van der Waals surface area contributed by atoms with Gasteiger partial charge < -0.3 is 15.3 Å². The fourth-order valence-corrected chi connectivity index (χ4v) is 2.88. The molecule has 1 unspecified atom stereocenters. The molecule has 6 heteroatoms. The van der Waals surface area contributed by atoms with Gasteiger partial charge in [-0.15, -0.1) is 0 Å². The van der Waals surface area contributed by atoms with Gasteiger partial charge in [0.05, 0.1) is 5.41 Å². The number of carbonyl (C=O) groups is 3. The van der Waals surface area contributed by atoms with E-state index in [9.17, 15) is 19.5 Å². The topological polar surface area (TPSA) is 86.7 Å². The number of carboxylic acids is 1. The molecular formula is C18H24N2O4. The summed E-state index contributed by atoms with van der Waals surface area (Å²) in [6, 6.07) is 6.51. The van der Waals surface area contributed by atoms with E-state index in [0.29, 0.717) is 30.5 Å². The largest absolute Gasteiger partial charge is 0.481 e. The van der Waals surface area contributed by atoms with E-state index in [1.165, 1.54) is 0 Å². The standard InChI is InChI=1S/C18H24N2O4/c1-12(2)19-15(21)13-5-7-14(8-6-13)16(22)20-10-4-9-18(3,11-20)17(23)24/h5-8,12H,4,9-11H2,1-3H3,(H,19,21)(H,23,24). The molecule has 0 bridgehead atoms. The highest BCUT2D eigenvalue weighted by Crippen LogP contribution is 2.30. The molecule has 0 spiro atoms. The second kappa shape index (κ2) is 7.03. The number of nitrogens with one attached hydrogen (secondary N) is 1. The fourth-order valence-electron chi connectivity index (χ4n) is 2.88. The Morgan fingerprint density at radius 2 is 1.75 bits per heavy atom. The van der Waals surface area contributed by atoms with Crippen LogP contribution in [0, 0.1) is 5.41 Å². The maximum atomic E-state index is 12.6. The van der Waals surface area contributed by atoms with Gasteiger partial charge in [-0.1, -0.05) is 0 Å². The average Bonchev–Trinajstić information content (AvgIpc) is 2.53. The Balaban J connectivity index is 2.10. The van der Waals surface area contributed by atoms with Gasteiger partial charge in [0.25, 0.3) is 11.8 Å². The van der Waals surface area contributed by atoms with Crippen LogP contribution in [0.2, 0.25) is 0 Å². The summed E-state index contributed by atoms with van der Waals surface area (Å²) in [6.07, 6.45) is 1.24. The van der Waals surface area contributed by atoms with Crippen molar-refractivity contribution < 1.29 is 19.5 Å². The molecule has 0 aromatic heterocycles. The zero-order chi connectivity index (χ0) is 17.9. The quantitative estimate of drug-likeness (QED) is 0.884. The Hall–Kier alpha value is -2.37. The van der Waals surface area contributed by atoms with Crippen LogP contribution in [0.1, 0.15) is 54.3 Å². The van der Waals surface area contributed by atoms with Crippen molar-refractivity contribution in [3.8, 4) is 0 Å². The van der Waals surface area contributed by atoms with Crippen molar-refractivity contribution in [2.45, 2.75) is 39.7 Å². The predicted octanol–water partition coefficient (Wildman–Crippen LogP) is 2.15. The van der Waals surface area contributed by atoms with Crippen molar-refractivity contribution >= 4 is 17.8 Å². The van der Waals surface area contributed by atoms with Crippen LogP contribution in [0.15, 0.2) is 24.3 Å². The Morgan fingerprint density at radius 3 is 2.29 bits per heavy atom. The number of carbonyl (C=O) groups excluding carboxylic acids is 2. The molecule has 1 fully saturated rings. The highest BCUT2D eigenvalue weighted by molar-refractivity contribution is 5.98. The van der Waals surface area contributed by atoms with Gasteiger partial charge in [-0.05, 0) is 57.9 Å². The molecule has 2 amide bonds. The van der Waals surface area contributed by atoms with Crippen LogP contribution in [0.4, 0.5) is 0 Å². The number of aliphatic carboxylic acids is 1. The summed E-state index contributed by atoms with van der Waals surface area (Å²) >= 11 is 0. The molecule has 2 N–H and O–H groups in total. The molecule has 130 valence electrons. The van der Waals surface area contributed by atoms with Crippen LogP contribution >= 0.6 is 0 Å². The highest BCUT2D eigenvalue weighted by atomic mass is 16.4. The highest BCUT2D eigenvalue weighted by Gasteiger charge is 2.39. The zero-order valence-corrected chi connectivity index (χ0v) is 14.3. The van der Waals surface area contributed by atoms with Crippen LogP contribution in [-0.2, 0) is 4.79 Å². The van der Waals surface area contributed by atoms with Gasteiger partial charge in [-0.3, -0.25) is 14.4 Å². The SMILES string of the molecule is CC(C)NC(=O)c1ccc(C(=O)N2CCCC(C)(C(=O)O)C2)cc1. The van der Waals surface area contributed by atoms with Crippen molar-refractivity contribution in [2.24, 2.45) is 5.41 Å². The number of rotatable bonds is 4. The molecule has 2 rings (SSSR count). The van der Waals surface area contributed by atoms with Crippen molar-refractivity contribution in [3.63, 3.8) is 0 Å². The van der Waals surface area contributed by atoms with E-state index in [2.05, 4.69) is 5.32 Å². The maximum absolute atomic E-state index is 12.6. The summed E-state index contributed by atoms with van der Waals surface area (Å²) in [4.78, 5) is 37.5. The molecule has 1 aromatic carbocycles. The van der Waals surface area contributed by atoms with Crippen molar-refractivity contribution in [3.05, 3.63) is 35.4 Å². The third kappa shape index (κ3) is 3.93. The average molecular weight is 332 g/mol. The van der Waals surface area contributed by atoms with Crippen molar-refractivity contribution in [1.82, 2.24) is 10.2 Å². The first kappa shape index (κ1) is 18.0. The second-order valence-electron chi connectivity index (χ2n) is 6.90. The monoisotopic (exact) mass is 332 g/mol. The van der Waals surface area contributed by atoms with Gasteiger partial charge in [0.15, 0.2) is 0 Å². The van der Waals surface area contributed by atoms with E-state index in [4.69, 9.17) is 0 Å². The van der Waals surface area contributed by atoms with E-state index in [1.807, 2.05) is 13.8 Å².